The third-order valence-corrected chi connectivity index (χ3v) is 3.57. The van der Waals surface area contributed by atoms with Crippen LogP contribution in [-0.2, 0) is 6.42 Å². The SMILES string of the molecule is COc1ccc(CCCCCCNCC(C)C)cc1OC. The van der Waals surface area contributed by atoms with Crippen LogP contribution >= 0.6 is 0 Å². The highest BCUT2D eigenvalue weighted by Gasteiger charge is 2.04. The Morgan fingerprint density at radius 1 is 0.952 bits per heavy atom. The molecular formula is C18H31NO2. The zero-order valence-corrected chi connectivity index (χ0v) is 14.1. The van der Waals surface area contributed by atoms with Gasteiger partial charge in [0.05, 0.1) is 14.2 Å². The molecule has 1 N–H and O–H groups in total. The Morgan fingerprint density at radius 3 is 2.33 bits per heavy atom. The van der Waals surface area contributed by atoms with Crippen molar-refractivity contribution >= 4 is 0 Å². The Morgan fingerprint density at radius 2 is 1.67 bits per heavy atom. The summed E-state index contributed by atoms with van der Waals surface area (Å²) < 4.78 is 10.6. The van der Waals surface area contributed by atoms with Crippen molar-refractivity contribution in [3.05, 3.63) is 23.8 Å². The molecule has 0 aromatic heterocycles. The van der Waals surface area contributed by atoms with Crippen molar-refractivity contribution in [1.82, 2.24) is 5.32 Å². The van der Waals surface area contributed by atoms with Crippen LogP contribution in [0.4, 0.5) is 0 Å². The van der Waals surface area contributed by atoms with Crippen molar-refractivity contribution in [3.63, 3.8) is 0 Å². The first-order valence-corrected chi connectivity index (χ1v) is 8.09. The predicted molar refractivity (Wildman–Crippen MR) is 89.4 cm³/mol. The van der Waals surface area contributed by atoms with Gasteiger partial charge in [0.25, 0.3) is 0 Å². The van der Waals surface area contributed by atoms with Crippen LogP contribution < -0.4 is 14.8 Å². The van der Waals surface area contributed by atoms with Gasteiger partial charge in [0.1, 0.15) is 0 Å². The van der Waals surface area contributed by atoms with Crippen molar-refractivity contribution in [3.8, 4) is 11.5 Å². The normalized spacial score (nSPS) is 10.9. The first kappa shape index (κ1) is 17.8. The van der Waals surface area contributed by atoms with Crippen molar-refractivity contribution < 1.29 is 9.47 Å². The van der Waals surface area contributed by atoms with Crippen LogP contribution in [0.3, 0.4) is 0 Å². The fourth-order valence-electron chi connectivity index (χ4n) is 2.36. The summed E-state index contributed by atoms with van der Waals surface area (Å²) in [6.07, 6.45) is 6.22. The number of aryl methyl sites for hydroxylation is 1. The molecule has 0 heterocycles. The van der Waals surface area contributed by atoms with E-state index in [0.717, 1.165) is 36.9 Å². The smallest absolute Gasteiger partial charge is 0.160 e. The molecule has 0 atom stereocenters. The summed E-state index contributed by atoms with van der Waals surface area (Å²) >= 11 is 0. The van der Waals surface area contributed by atoms with Gasteiger partial charge in [0, 0.05) is 0 Å². The van der Waals surface area contributed by atoms with E-state index in [1.165, 1.54) is 31.2 Å². The van der Waals surface area contributed by atoms with Gasteiger partial charge in [0.2, 0.25) is 0 Å². The minimum atomic E-state index is 0.745. The van der Waals surface area contributed by atoms with Gasteiger partial charge in [-0.25, -0.2) is 0 Å². The van der Waals surface area contributed by atoms with Crippen LogP contribution in [0.25, 0.3) is 0 Å². The first-order chi connectivity index (χ1) is 10.2. The molecule has 0 radical (unpaired) electrons. The van der Waals surface area contributed by atoms with E-state index in [1.807, 2.05) is 6.07 Å². The lowest BCUT2D eigenvalue weighted by molar-refractivity contribution is 0.354. The number of methoxy groups -OCH3 is 2. The van der Waals surface area contributed by atoms with Crippen LogP contribution in [0.5, 0.6) is 11.5 Å². The van der Waals surface area contributed by atoms with E-state index >= 15 is 0 Å². The Hall–Kier alpha value is -1.22. The molecular weight excluding hydrogens is 262 g/mol. The third-order valence-electron chi connectivity index (χ3n) is 3.57. The van der Waals surface area contributed by atoms with Crippen molar-refractivity contribution in [2.45, 2.75) is 46.0 Å². The summed E-state index contributed by atoms with van der Waals surface area (Å²) in [7, 11) is 3.36. The second-order valence-electron chi connectivity index (χ2n) is 5.95. The maximum atomic E-state index is 5.33. The lowest BCUT2D eigenvalue weighted by atomic mass is 10.1. The molecule has 0 aliphatic heterocycles. The number of rotatable bonds is 11. The largest absolute Gasteiger partial charge is 0.493 e. The second kappa shape index (κ2) is 10.5. The van der Waals surface area contributed by atoms with Crippen LogP contribution in [0.15, 0.2) is 18.2 Å². The van der Waals surface area contributed by atoms with E-state index < -0.39 is 0 Å². The van der Waals surface area contributed by atoms with E-state index in [2.05, 4.69) is 31.3 Å². The molecule has 0 saturated carbocycles. The van der Waals surface area contributed by atoms with Gasteiger partial charge >= 0.3 is 0 Å². The molecule has 3 nitrogen and oxygen atoms in total. The van der Waals surface area contributed by atoms with Gasteiger partial charge in [-0.15, -0.1) is 0 Å². The highest BCUT2D eigenvalue weighted by molar-refractivity contribution is 5.42. The van der Waals surface area contributed by atoms with Crippen molar-refractivity contribution in [2.75, 3.05) is 27.3 Å². The van der Waals surface area contributed by atoms with Gasteiger partial charge in [-0.05, 0) is 56.0 Å². The van der Waals surface area contributed by atoms with Gasteiger partial charge in [-0.1, -0.05) is 32.8 Å². The fourth-order valence-corrected chi connectivity index (χ4v) is 2.36. The lowest BCUT2D eigenvalue weighted by Crippen LogP contribution is -2.20. The number of benzene rings is 1. The molecule has 21 heavy (non-hydrogen) atoms. The molecule has 0 bridgehead atoms. The van der Waals surface area contributed by atoms with Crippen LogP contribution in [0.1, 0.15) is 45.1 Å². The van der Waals surface area contributed by atoms with E-state index in [0.29, 0.717) is 0 Å². The topological polar surface area (TPSA) is 30.5 Å². The number of unbranched alkanes of at least 4 members (excludes halogenated alkanes) is 3. The zero-order valence-electron chi connectivity index (χ0n) is 14.1. The van der Waals surface area contributed by atoms with Gasteiger partial charge in [-0.2, -0.15) is 0 Å². The highest BCUT2D eigenvalue weighted by atomic mass is 16.5. The molecule has 1 rings (SSSR count). The lowest BCUT2D eigenvalue weighted by Gasteiger charge is -2.10. The molecule has 0 aliphatic rings. The van der Waals surface area contributed by atoms with Crippen molar-refractivity contribution in [1.29, 1.82) is 0 Å². The number of nitrogens with one attached hydrogen (secondary N) is 1. The maximum Gasteiger partial charge on any atom is 0.160 e. The molecule has 0 saturated heterocycles. The Labute approximate surface area is 130 Å². The molecule has 120 valence electrons. The molecule has 0 unspecified atom stereocenters. The Balaban J connectivity index is 2.15. The summed E-state index contributed by atoms with van der Waals surface area (Å²) in [6, 6.07) is 6.21. The fraction of sp³-hybridized carbons (Fsp3) is 0.667. The van der Waals surface area contributed by atoms with Crippen LogP contribution in [0.2, 0.25) is 0 Å². The second-order valence-corrected chi connectivity index (χ2v) is 5.95. The summed E-state index contributed by atoms with van der Waals surface area (Å²) in [5.74, 6) is 2.38. The summed E-state index contributed by atoms with van der Waals surface area (Å²) in [4.78, 5) is 0. The van der Waals surface area contributed by atoms with Gasteiger partial charge in [0.15, 0.2) is 11.5 Å². The third kappa shape index (κ3) is 7.37. The molecule has 1 aromatic carbocycles. The Bertz CT molecular complexity index is 391. The maximum absolute atomic E-state index is 5.33. The van der Waals surface area contributed by atoms with Gasteiger partial charge < -0.3 is 14.8 Å². The van der Waals surface area contributed by atoms with E-state index in [9.17, 15) is 0 Å². The standard InChI is InChI=1S/C18H31NO2/c1-15(2)14-19-12-8-6-5-7-9-16-10-11-17(20-3)18(13-16)21-4/h10-11,13,15,19H,5-9,12,14H2,1-4H3. The summed E-state index contributed by atoms with van der Waals surface area (Å²) in [6.45, 7) is 6.77. The Kier molecular flexibility index (Phi) is 8.91. The summed E-state index contributed by atoms with van der Waals surface area (Å²) in [5, 5.41) is 3.49. The summed E-state index contributed by atoms with van der Waals surface area (Å²) in [5.41, 5.74) is 1.32. The number of ether oxygens (including phenoxy) is 2. The average molecular weight is 293 g/mol. The molecule has 0 fully saturated rings. The molecule has 0 spiro atoms. The van der Waals surface area contributed by atoms with Crippen LogP contribution in [-0.4, -0.2) is 27.3 Å². The monoisotopic (exact) mass is 293 g/mol. The van der Waals surface area contributed by atoms with E-state index in [1.54, 1.807) is 14.2 Å². The quantitative estimate of drug-likeness (QED) is 0.624. The van der Waals surface area contributed by atoms with E-state index in [4.69, 9.17) is 9.47 Å². The highest BCUT2D eigenvalue weighted by Crippen LogP contribution is 2.28. The van der Waals surface area contributed by atoms with Gasteiger partial charge in [-0.3, -0.25) is 0 Å². The molecule has 0 aliphatic carbocycles. The zero-order chi connectivity index (χ0) is 15.5. The average Bonchev–Trinajstić information content (AvgIpc) is 2.49. The minimum Gasteiger partial charge on any atom is -0.493 e. The molecule has 0 amide bonds. The van der Waals surface area contributed by atoms with Crippen molar-refractivity contribution in [2.24, 2.45) is 5.92 Å². The van der Waals surface area contributed by atoms with Crippen LogP contribution in [0, 0.1) is 5.92 Å². The number of hydrogen-bond acceptors (Lipinski definition) is 3. The van der Waals surface area contributed by atoms with E-state index in [-0.39, 0.29) is 0 Å². The first-order valence-electron chi connectivity index (χ1n) is 8.09. The predicted octanol–water partition coefficient (Wildman–Crippen LogP) is 4.05. The minimum absolute atomic E-state index is 0.745. The molecule has 1 aromatic rings. The number of hydrogen-bond donors (Lipinski definition) is 1. The molecule has 3 heteroatoms.